The van der Waals surface area contributed by atoms with Gasteiger partial charge in [-0.25, -0.2) is 0 Å². The first kappa shape index (κ1) is 13.5. The Morgan fingerprint density at radius 1 is 1.35 bits per heavy atom. The number of aromatic nitrogens is 2. The van der Waals surface area contributed by atoms with Crippen LogP contribution in [-0.2, 0) is 6.54 Å². The highest BCUT2D eigenvalue weighted by atomic mass is 32.1. The molecule has 0 aliphatic heterocycles. The van der Waals surface area contributed by atoms with E-state index in [4.69, 9.17) is 4.52 Å². The highest BCUT2D eigenvalue weighted by molar-refractivity contribution is 7.10. The molecule has 3 rings (SSSR count). The predicted molar refractivity (Wildman–Crippen MR) is 81.8 cm³/mol. The molecule has 0 saturated carbocycles. The topological polar surface area (TPSA) is 42.2 Å². The van der Waals surface area contributed by atoms with Crippen LogP contribution in [0.1, 0.15) is 23.7 Å². The second kappa shape index (κ2) is 5.87. The summed E-state index contributed by atoms with van der Waals surface area (Å²) >= 11 is 3.40. The largest absolute Gasteiger partial charge is 0.338 e. The molecule has 3 aromatic rings. The first-order valence-corrected chi connectivity index (χ1v) is 8.15. The van der Waals surface area contributed by atoms with Crippen molar-refractivity contribution in [3.05, 3.63) is 45.1 Å². The fourth-order valence-electron chi connectivity index (χ4n) is 1.92. The quantitative estimate of drug-likeness (QED) is 0.713. The van der Waals surface area contributed by atoms with Gasteiger partial charge in [-0.3, -0.25) is 4.90 Å². The van der Waals surface area contributed by atoms with Crippen molar-refractivity contribution in [2.24, 2.45) is 0 Å². The maximum absolute atomic E-state index is 5.33. The summed E-state index contributed by atoms with van der Waals surface area (Å²) in [7, 11) is 2.07. The van der Waals surface area contributed by atoms with Crippen LogP contribution in [0.25, 0.3) is 11.4 Å². The maximum Gasteiger partial charge on any atom is 0.241 e. The zero-order valence-corrected chi connectivity index (χ0v) is 12.9. The van der Waals surface area contributed by atoms with Gasteiger partial charge in [-0.15, -0.1) is 11.3 Å². The molecule has 0 amide bonds. The molecular formula is C14H15N3OS2. The minimum absolute atomic E-state index is 0.339. The third-order valence-electron chi connectivity index (χ3n) is 3.25. The third kappa shape index (κ3) is 2.82. The van der Waals surface area contributed by atoms with Gasteiger partial charge in [0.25, 0.3) is 0 Å². The van der Waals surface area contributed by atoms with Crippen molar-refractivity contribution < 1.29 is 4.52 Å². The molecule has 0 spiro atoms. The van der Waals surface area contributed by atoms with Crippen LogP contribution < -0.4 is 0 Å². The Balaban J connectivity index is 1.69. The van der Waals surface area contributed by atoms with Gasteiger partial charge in [-0.2, -0.15) is 16.3 Å². The summed E-state index contributed by atoms with van der Waals surface area (Å²) in [5.41, 5.74) is 1.01. The van der Waals surface area contributed by atoms with Crippen molar-refractivity contribution in [3.63, 3.8) is 0 Å². The number of nitrogens with zero attached hydrogens (tertiary/aromatic N) is 3. The fourth-order valence-corrected chi connectivity index (χ4v) is 3.41. The molecule has 104 valence electrons. The molecule has 3 heterocycles. The fraction of sp³-hybridized carbons (Fsp3) is 0.286. The van der Waals surface area contributed by atoms with Crippen LogP contribution in [0.5, 0.6) is 0 Å². The third-order valence-corrected chi connectivity index (χ3v) is 4.97. The van der Waals surface area contributed by atoms with Crippen LogP contribution in [0, 0.1) is 0 Å². The molecule has 20 heavy (non-hydrogen) atoms. The molecular weight excluding hydrogens is 290 g/mol. The average molecular weight is 305 g/mol. The number of rotatable bonds is 5. The molecule has 3 aromatic heterocycles. The molecule has 1 unspecified atom stereocenters. The highest BCUT2D eigenvalue weighted by Crippen LogP contribution is 2.25. The summed E-state index contributed by atoms with van der Waals surface area (Å²) in [4.78, 5) is 7.99. The minimum atomic E-state index is 0.339. The van der Waals surface area contributed by atoms with E-state index in [2.05, 4.69) is 46.5 Å². The number of hydrogen-bond acceptors (Lipinski definition) is 6. The van der Waals surface area contributed by atoms with E-state index in [1.54, 1.807) is 22.7 Å². The van der Waals surface area contributed by atoms with E-state index in [0.717, 1.165) is 5.56 Å². The van der Waals surface area contributed by atoms with Crippen LogP contribution >= 0.6 is 22.7 Å². The summed E-state index contributed by atoms with van der Waals surface area (Å²) in [5.74, 6) is 1.32. The lowest BCUT2D eigenvalue weighted by atomic mass is 10.2. The second-order valence-electron chi connectivity index (χ2n) is 4.63. The van der Waals surface area contributed by atoms with E-state index in [9.17, 15) is 0 Å². The molecule has 4 nitrogen and oxygen atoms in total. The molecule has 0 radical (unpaired) electrons. The van der Waals surface area contributed by atoms with Gasteiger partial charge in [0, 0.05) is 21.9 Å². The van der Waals surface area contributed by atoms with Gasteiger partial charge >= 0.3 is 0 Å². The maximum atomic E-state index is 5.33. The Morgan fingerprint density at radius 2 is 2.25 bits per heavy atom. The Morgan fingerprint density at radius 3 is 2.95 bits per heavy atom. The minimum Gasteiger partial charge on any atom is -0.338 e. The predicted octanol–water partition coefficient (Wildman–Crippen LogP) is 4.05. The normalized spacial score (nSPS) is 12.9. The smallest absolute Gasteiger partial charge is 0.241 e. The van der Waals surface area contributed by atoms with E-state index in [-0.39, 0.29) is 0 Å². The van der Waals surface area contributed by atoms with Crippen LogP contribution in [0.4, 0.5) is 0 Å². The Kier molecular flexibility index (Phi) is 3.95. The van der Waals surface area contributed by atoms with Gasteiger partial charge in [0.15, 0.2) is 0 Å². The summed E-state index contributed by atoms with van der Waals surface area (Å²) in [6.07, 6.45) is 0. The first-order chi connectivity index (χ1) is 9.74. The van der Waals surface area contributed by atoms with Crippen LogP contribution in [0.3, 0.4) is 0 Å². The lowest BCUT2D eigenvalue weighted by molar-refractivity contribution is 0.219. The molecule has 0 fully saturated rings. The van der Waals surface area contributed by atoms with Crippen molar-refractivity contribution in [2.45, 2.75) is 19.5 Å². The Labute approximate surface area is 125 Å². The standard InChI is InChI=1S/C14H15N3OS2/c1-10(12-4-3-6-20-12)17(2)8-13-15-14(16-18-13)11-5-7-19-9-11/h3-7,9-10H,8H2,1-2H3. The summed E-state index contributed by atoms with van der Waals surface area (Å²) in [6.45, 7) is 2.83. The zero-order chi connectivity index (χ0) is 13.9. The number of hydrogen-bond donors (Lipinski definition) is 0. The molecule has 1 atom stereocenters. The van der Waals surface area contributed by atoms with Gasteiger partial charge in [0.05, 0.1) is 6.54 Å². The molecule has 0 aromatic carbocycles. The molecule has 0 aliphatic rings. The lowest BCUT2D eigenvalue weighted by Crippen LogP contribution is -2.21. The van der Waals surface area contributed by atoms with Crippen molar-refractivity contribution in [2.75, 3.05) is 7.05 Å². The first-order valence-electron chi connectivity index (χ1n) is 6.33. The van der Waals surface area contributed by atoms with E-state index in [0.29, 0.717) is 24.3 Å². The number of thiophene rings is 2. The highest BCUT2D eigenvalue weighted by Gasteiger charge is 2.16. The summed E-state index contributed by atoms with van der Waals surface area (Å²) < 4.78 is 5.33. The lowest BCUT2D eigenvalue weighted by Gasteiger charge is -2.21. The van der Waals surface area contributed by atoms with Gasteiger partial charge < -0.3 is 4.52 Å². The van der Waals surface area contributed by atoms with Crippen molar-refractivity contribution in [1.29, 1.82) is 0 Å². The monoisotopic (exact) mass is 305 g/mol. The molecule has 0 bridgehead atoms. The van der Waals surface area contributed by atoms with Crippen molar-refractivity contribution >= 4 is 22.7 Å². The molecule has 6 heteroatoms. The Hall–Kier alpha value is -1.50. The van der Waals surface area contributed by atoms with Crippen LogP contribution in [-0.4, -0.2) is 22.1 Å². The van der Waals surface area contributed by atoms with E-state index < -0.39 is 0 Å². The van der Waals surface area contributed by atoms with Crippen molar-refractivity contribution in [3.8, 4) is 11.4 Å². The van der Waals surface area contributed by atoms with Gasteiger partial charge in [-0.1, -0.05) is 11.2 Å². The summed E-state index contributed by atoms with van der Waals surface area (Å²) in [6, 6.07) is 6.56. The van der Waals surface area contributed by atoms with Crippen molar-refractivity contribution in [1.82, 2.24) is 15.0 Å². The van der Waals surface area contributed by atoms with Gasteiger partial charge in [-0.05, 0) is 36.9 Å². The Bertz CT molecular complexity index is 646. The van der Waals surface area contributed by atoms with Gasteiger partial charge in [0.1, 0.15) is 0 Å². The van der Waals surface area contributed by atoms with Crippen LogP contribution in [0.15, 0.2) is 38.9 Å². The van der Waals surface area contributed by atoms with Gasteiger partial charge in [0.2, 0.25) is 11.7 Å². The van der Waals surface area contributed by atoms with E-state index >= 15 is 0 Å². The SMILES string of the molecule is CC(c1cccs1)N(C)Cc1nc(-c2ccsc2)no1. The molecule has 0 N–H and O–H groups in total. The molecule has 0 saturated heterocycles. The average Bonchev–Trinajstić information content (AvgIpc) is 3.19. The van der Waals surface area contributed by atoms with E-state index in [1.807, 2.05) is 16.8 Å². The van der Waals surface area contributed by atoms with Crippen LogP contribution in [0.2, 0.25) is 0 Å². The second-order valence-corrected chi connectivity index (χ2v) is 6.39. The summed E-state index contributed by atoms with van der Waals surface area (Å²) in [5, 5.41) is 10.2. The molecule has 0 aliphatic carbocycles. The zero-order valence-electron chi connectivity index (χ0n) is 11.3. The van der Waals surface area contributed by atoms with E-state index in [1.165, 1.54) is 4.88 Å².